The average Bonchev–Trinajstić information content (AvgIpc) is 2.57. The Hall–Kier alpha value is -2.07. The van der Waals surface area contributed by atoms with E-state index in [2.05, 4.69) is 33.0 Å². The minimum atomic E-state index is 0.911. The lowest BCUT2D eigenvalue weighted by atomic mass is 10.2. The van der Waals surface area contributed by atoms with Crippen LogP contribution in [0.25, 0.3) is 0 Å². The second kappa shape index (κ2) is 6.59. The molecule has 4 heteroatoms. The normalized spacial score (nSPS) is 16.0. The summed E-state index contributed by atoms with van der Waals surface area (Å²) in [5.41, 5.74) is 2.56. The third-order valence-corrected chi connectivity index (χ3v) is 3.94. The molecule has 1 fully saturated rings. The average molecular weight is 283 g/mol. The van der Waals surface area contributed by atoms with Crippen LogP contribution in [0.5, 0.6) is 5.75 Å². The van der Waals surface area contributed by atoms with Gasteiger partial charge in [0.2, 0.25) is 0 Å². The van der Waals surface area contributed by atoms with Gasteiger partial charge in [-0.1, -0.05) is 6.07 Å². The predicted octanol–water partition coefficient (Wildman–Crippen LogP) is 2.41. The summed E-state index contributed by atoms with van der Waals surface area (Å²) in [6.07, 6.45) is 3.78. The largest absolute Gasteiger partial charge is 0.497 e. The maximum atomic E-state index is 5.21. The third-order valence-electron chi connectivity index (χ3n) is 3.94. The second-order valence-electron chi connectivity index (χ2n) is 5.32. The molecule has 0 atom stereocenters. The van der Waals surface area contributed by atoms with Crippen molar-refractivity contribution < 1.29 is 4.74 Å². The SMILES string of the molecule is COc1ccc(N2CCN(Cc3cccnc3)CC2)cc1. The van der Waals surface area contributed by atoms with Crippen molar-refractivity contribution in [3.8, 4) is 5.75 Å². The van der Waals surface area contributed by atoms with Crippen molar-refractivity contribution in [2.75, 3.05) is 38.2 Å². The van der Waals surface area contributed by atoms with E-state index in [1.807, 2.05) is 30.6 Å². The fourth-order valence-corrected chi connectivity index (χ4v) is 2.71. The minimum absolute atomic E-state index is 0.911. The number of methoxy groups -OCH3 is 1. The Kier molecular flexibility index (Phi) is 4.36. The second-order valence-corrected chi connectivity index (χ2v) is 5.32. The molecule has 0 bridgehead atoms. The molecule has 1 aromatic carbocycles. The third kappa shape index (κ3) is 3.52. The van der Waals surface area contributed by atoms with Crippen LogP contribution in [0.2, 0.25) is 0 Å². The van der Waals surface area contributed by atoms with Gasteiger partial charge in [-0.15, -0.1) is 0 Å². The monoisotopic (exact) mass is 283 g/mol. The summed E-state index contributed by atoms with van der Waals surface area (Å²) in [6, 6.07) is 12.5. The first-order valence-electron chi connectivity index (χ1n) is 7.35. The van der Waals surface area contributed by atoms with Crippen molar-refractivity contribution in [1.82, 2.24) is 9.88 Å². The quantitative estimate of drug-likeness (QED) is 0.861. The predicted molar refractivity (Wildman–Crippen MR) is 84.7 cm³/mol. The van der Waals surface area contributed by atoms with Crippen LogP contribution in [0.4, 0.5) is 5.69 Å². The smallest absolute Gasteiger partial charge is 0.119 e. The van der Waals surface area contributed by atoms with Crippen molar-refractivity contribution in [2.45, 2.75) is 6.54 Å². The topological polar surface area (TPSA) is 28.6 Å². The molecule has 0 radical (unpaired) electrons. The highest BCUT2D eigenvalue weighted by Crippen LogP contribution is 2.20. The van der Waals surface area contributed by atoms with Crippen molar-refractivity contribution in [1.29, 1.82) is 0 Å². The molecular weight excluding hydrogens is 262 g/mol. The van der Waals surface area contributed by atoms with Gasteiger partial charge in [0, 0.05) is 50.8 Å². The Balaban J connectivity index is 1.54. The Bertz CT molecular complexity index is 548. The molecule has 1 aliphatic rings. The maximum absolute atomic E-state index is 5.21. The summed E-state index contributed by atoms with van der Waals surface area (Å²) in [5.74, 6) is 0.911. The van der Waals surface area contributed by atoms with Gasteiger partial charge in [-0.2, -0.15) is 0 Å². The molecule has 1 aliphatic heterocycles. The van der Waals surface area contributed by atoms with E-state index in [1.165, 1.54) is 11.3 Å². The van der Waals surface area contributed by atoms with Gasteiger partial charge in [-0.25, -0.2) is 0 Å². The number of rotatable bonds is 4. The summed E-state index contributed by atoms with van der Waals surface area (Å²) in [6.45, 7) is 5.28. The molecule has 2 aromatic rings. The molecule has 1 saturated heterocycles. The highest BCUT2D eigenvalue weighted by Gasteiger charge is 2.17. The Morgan fingerprint density at radius 3 is 2.43 bits per heavy atom. The number of benzene rings is 1. The summed E-state index contributed by atoms with van der Waals surface area (Å²) in [7, 11) is 1.70. The molecule has 2 heterocycles. The highest BCUT2D eigenvalue weighted by molar-refractivity contribution is 5.49. The molecule has 0 saturated carbocycles. The molecular formula is C17H21N3O. The summed E-state index contributed by atoms with van der Waals surface area (Å²) in [5, 5.41) is 0. The zero-order valence-electron chi connectivity index (χ0n) is 12.4. The standard InChI is InChI=1S/C17H21N3O/c1-21-17-6-4-16(5-7-17)20-11-9-19(10-12-20)14-15-3-2-8-18-13-15/h2-8,13H,9-12,14H2,1H3. The van der Waals surface area contributed by atoms with Gasteiger partial charge in [0.25, 0.3) is 0 Å². The molecule has 21 heavy (non-hydrogen) atoms. The molecule has 4 nitrogen and oxygen atoms in total. The van der Waals surface area contributed by atoms with Gasteiger partial charge in [0.05, 0.1) is 7.11 Å². The number of ether oxygens (including phenoxy) is 1. The number of pyridine rings is 1. The number of piperazine rings is 1. The minimum Gasteiger partial charge on any atom is -0.497 e. The number of aromatic nitrogens is 1. The molecule has 1 aromatic heterocycles. The van der Waals surface area contributed by atoms with Crippen molar-refractivity contribution in [3.05, 3.63) is 54.4 Å². The van der Waals surface area contributed by atoms with Gasteiger partial charge in [0.1, 0.15) is 5.75 Å². The van der Waals surface area contributed by atoms with E-state index in [-0.39, 0.29) is 0 Å². The van der Waals surface area contributed by atoms with Crippen molar-refractivity contribution >= 4 is 5.69 Å². The van der Waals surface area contributed by atoms with Gasteiger partial charge in [-0.3, -0.25) is 9.88 Å². The Morgan fingerprint density at radius 1 is 1.05 bits per heavy atom. The molecule has 0 amide bonds. The van der Waals surface area contributed by atoms with Crippen molar-refractivity contribution in [3.63, 3.8) is 0 Å². The fourth-order valence-electron chi connectivity index (χ4n) is 2.71. The van der Waals surface area contributed by atoms with Crippen LogP contribution in [-0.4, -0.2) is 43.2 Å². The van der Waals surface area contributed by atoms with Gasteiger partial charge in [-0.05, 0) is 35.9 Å². The Labute approximate surface area is 126 Å². The Morgan fingerprint density at radius 2 is 1.81 bits per heavy atom. The van der Waals surface area contributed by atoms with Crippen LogP contribution in [0.15, 0.2) is 48.8 Å². The van der Waals surface area contributed by atoms with Crippen LogP contribution in [0.3, 0.4) is 0 Å². The molecule has 0 N–H and O–H groups in total. The number of hydrogen-bond donors (Lipinski definition) is 0. The van der Waals surface area contributed by atoms with Crippen LogP contribution in [0.1, 0.15) is 5.56 Å². The number of hydrogen-bond acceptors (Lipinski definition) is 4. The molecule has 110 valence electrons. The molecule has 0 unspecified atom stereocenters. The van der Waals surface area contributed by atoms with E-state index in [1.54, 1.807) is 7.11 Å². The first-order valence-corrected chi connectivity index (χ1v) is 7.35. The van der Waals surface area contributed by atoms with E-state index in [0.717, 1.165) is 38.5 Å². The molecule has 0 aliphatic carbocycles. The van der Waals surface area contributed by atoms with Gasteiger partial charge < -0.3 is 9.64 Å². The summed E-state index contributed by atoms with van der Waals surface area (Å²) >= 11 is 0. The van der Waals surface area contributed by atoms with Crippen LogP contribution in [0, 0.1) is 0 Å². The van der Waals surface area contributed by atoms with Crippen molar-refractivity contribution in [2.24, 2.45) is 0 Å². The first-order chi connectivity index (χ1) is 10.3. The summed E-state index contributed by atoms with van der Waals surface area (Å²) in [4.78, 5) is 9.09. The fraction of sp³-hybridized carbons (Fsp3) is 0.353. The van der Waals surface area contributed by atoms with Gasteiger partial charge >= 0.3 is 0 Å². The highest BCUT2D eigenvalue weighted by atomic mass is 16.5. The lowest BCUT2D eigenvalue weighted by molar-refractivity contribution is 0.249. The number of anilines is 1. The number of nitrogens with zero attached hydrogens (tertiary/aromatic N) is 3. The van der Waals surface area contributed by atoms with E-state index >= 15 is 0 Å². The zero-order valence-corrected chi connectivity index (χ0v) is 12.4. The lowest BCUT2D eigenvalue weighted by Crippen LogP contribution is -2.45. The zero-order chi connectivity index (χ0) is 14.5. The van der Waals surface area contributed by atoms with Gasteiger partial charge in [0.15, 0.2) is 0 Å². The van der Waals surface area contributed by atoms with E-state index in [4.69, 9.17) is 4.74 Å². The maximum Gasteiger partial charge on any atom is 0.119 e. The molecule has 3 rings (SSSR count). The lowest BCUT2D eigenvalue weighted by Gasteiger charge is -2.36. The van der Waals surface area contributed by atoms with E-state index < -0.39 is 0 Å². The van der Waals surface area contributed by atoms with E-state index in [0.29, 0.717) is 0 Å². The van der Waals surface area contributed by atoms with Crippen LogP contribution in [-0.2, 0) is 6.54 Å². The van der Waals surface area contributed by atoms with Crippen LogP contribution >= 0.6 is 0 Å². The molecule has 0 spiro atoms. The van der Waals surface area contributed by atoms with E-state index in [9.17, 15) is 0 Å². The summed E-state index contributed by atoms with van der Waals surface area (Å²) < 4.78 is 5.21. The van der Waals surface area contributed by atoms with Crippen LogP contribution < -0.4 is 9.64 Å². The first kappa shape index (κ1) is 13.9.